The molecule has 2 atom stereocenters. The van der Waals surface area contributed by atoms with Gasteiger partial charge < -0.3 is 20.1 Å². The number of aliphatic hydroxyl groups excluding tert-OH is 1. The minimum absolute atomic E-state index is 0.144. The number of carbonyl (C=O) groups excluding carboxylic acids is 1. The standard InChI is InChI=1S/C19H30N2O3/c1-14(2)24-13-15-7-6-9-17(11-15)20-19(23)21(3)12-16-8-4-5-10-18(16)22/h6-7,9,11,14,16,18,22H,4-5,8,10,12-13H2,1-3H3,(H,20,23)/t16-,18+/m0/s1. The van der Waals surface area contributed by atoms with Crippen molar-refractivity contribution in [3.8, 4) is 0 Å². The first-order valence-electron chi connectivity index (χ1n) is 8.86. The second-order valence-corrected chi connectivity index (χ2v) is 6.98. The Balaban J connectivity index is 1.87. The van der Waals surface area contributed by atoms with E-state index in [9.17, 15) is 9.90 Å². The van der Waals surface area contributed by atoms with E-state index in [0.29, 0.717) is 13.2 Å². The third kappa shape index (κ3) is 5.80. The summed E-state index contributed by atoms with van der Waals surface area (Å²) < 4.78 is 5.60. The molecule has 2 rings (SSSR count). The van der Waals surface area contributed by atoms with Gasteiger partial charge in [-0.2, -0.15) is 0 Å². The van der Waals surface area contributed by atoms with Crippen LogP contribution in [0, 0.1) is 5.92 Å². The Morgan fingerprint density at radius 2 is 2.12 bits per heavy atom. The smallest absolute Gasteiger partial charge is 0.321 e. The first-order chi connectivity index (χ1) is 11.5. The zero-order chi connectivity index (χ0) is 17.5. The quantitative estimate of drug-likeness (QED) is 0.835. The molecule has 0 aromatic heterocycles. The van der Waals surface area contributed by atoms with Gasteiger partial charge in [-0.15, -0.1) is 0 Å². The summed E-state index contributed by atoms with van der Waals surface area (Å²) in [7, 11) is 1.78. The molecule has 2 N–H and O–H groups in total. The van der Waals surface area contributed by atoms with Gasteiger partial charge in [0.05, 0.1) is 18.8 Å². The lowest BCUT2D eigenvalue weighted by Crippen LogP contribution is -2.40. The van der Waals surface area contributed by atoms with Gasteiger partial charge in [0.25, 0.3) is 0 Å². The van der Waals surface area contributed by atoms with Crippen LogP contribution in [0.15, 0.2) is 24.3 Å². The van der Waals surface area contributed by atoms with E-state index in [4.69, 9.17) is 4.74 Å². The molecule has 0 bridgehead atoms. The highest BCUT2D eigenvalue weighted by atomic mass is 16.5. The van der Waals surface area contributed by atoms with E-state index in [1.54, 1.807) is 11.9 Å². The number of urea groups is 1. The van der Waals surface area contributed by atoms with Crippen molar-refractivity contribution in [1.82, 2.24) is 4.90 Å². The monoisotopic (exact) mass is 334 g/mol. The number of hydrogen-bond acceptors (Lipinski definition) is 3. The van der Waals surface area contributed by atoms with Gasteiger partial charge in [-0.1, -0.05) is 25.0 Å². The van der Waals surface area contributed by atoms with Gasteiger partial charge in [-0.05, 0) is 44.4 Å². The van der Waals surface area contributed by atoms with Crippen molar-refractivity contribution in [3.05, 3.63) is 29.8 Å². The molecule has 134 valence electrons. The van der Waals surface area contributed by atoms with Crippen LogP contribution in [-0.2, 0) is 11.3 Å². The van der Waals surface area contributed by atoms with Crippen molar-refractivity contribution in [2.75, 3.05) is 18.9 Å². The van der Waals surface area contributed by atoms with Crippen LogP contribution < -0.4 is 5.32 Å². The highest BCUT2D eigenvalue weighted by Crippen LogP contribution is 2.25. The average Bonchev–Trinajstić information content (AvgIpc) is 2.55. The predicted octanol–water partition coefficient (Wildman–Crippen LogP) is 3.63. The van der Waals surface area contributed by atoms with Gasteiger partial charge in [0.15, 0.2) is 0 Å². The lowest BCUT2D eigenvalue weighted by atomic mass is 9.86. The fraction of sp³-hybridized carbons (Fsp3) is 0.632. The maximum Gasteiger partial charge on any atom is 0.321 e. The molecular formula is C19H30N2O3. The molecule has 0 unspecified atom stereocenters. The zero-order valence-corrected chi connectivity index (χ0v) is 15.0. The van der Waals surface area contributed by atoms with E-state index < -0.39 is 0 Å². The maximum atomic E-state index is 12.4. The van der Waals surface area contributed by atoms with Crippen molar-refractivity contribution in [1.29, 1.82) is 0 Å². The number of carbonyl (C=O) groups is 1. The first kappa shape index (κ1) is 18.7. The average molecular weight is 334 g/mol. The number of nitrogens with zero attached hydrogens (tertiary/aromatic N) is 1. The van der Waals surface area contributed by atoms with Gasteiger partial charge in [-0.3, -0.25) is 0 Å². The van der Waals surface area contributed by atoms with Gasteiger partial charge in [0, 0.05) is 25.2 Å². The zero-order valence-electron chi connectivity index (χ0n) is 15.0. The van der Waals surface area contributed by atoms with Crippen molar-refractivity contribution < 1.29 is 14.6 Å². The van der Waals surface area contributed by atoms with Crippen LogP contribution in [-0.4, -0.2) is 41.8 Å². The van der Waals surface area contributed by atoms with Crippen LogP contribution in [0.2, 0.25) is 0 Å². The summed E-state index contributed by atoms with van der Waals surface area (Å²) in [5, 5.41) is 13.0. The third-order valence-electron chi connectivity index (χ3n) is 4.49. The summed E-state index contributed by atoms with van der Waals surface area (Å²) >= 11 is 0. The van der Waals surface area contributed by atoms with Crippen molar-refractivity contribution in [3.63, 3.8) is 0 Å². The molecule has 1 aromatic rings. The van der Waals surface area contributed by atoms with Crippen LogP contribution in [0.1, 0.15) is 45.1 Å². The molecule has 1 aromatic carbocycles. The van der Waals surface area contributed by atoms with E-state index >= 15 is 0 Å². The number of anilines is 1. The largest absolute Gasteiger partial charge is 0.393 e. The van der Waals surface area contributed by atoms with Crippen molar-refractivity contribution in [2.24, 2.45) is 5.92 Å². The molecule has 0 radical (unpaired) electrons. The van der Waals surface area contributed by atoms with Crippen LogP contribution in [0.5, 0.6) is 0 Å². The highest BCUT2D eigenvalue weighted by Gasteiger charge is 2.25. The molecule has 1 aliphatic rings. The Hall–Kier alpha value is -1.59. The lowest BCUT2D eigenvalue weighted by Gasteiger charge is -2.31. The Morgan fingerprint density at radius 1 is 1.38 bits per heavy atom. The summed E-state index contributed by atoms with van der Waals surface area (Å²) in [4.78, 5) is 14.0. The normalized spacial score (nSPS) is 20.9. The van der Waals surface area contributed by atoms with Crippen molar-refractivity contribution >= 4 is 11.7 Å². The molecule has 1 saturated carbocycles. The highest BCUT2D eigenvalue weighted by molar-refractivity contribution is 5.89. The Labute approximate surface area is 145 Å². The molecule has 0 saturated heterocycles. The topological polar surface area (TPSA) is 61.8 Å². The second kappa shape index (κ2) is 9.04. The molecule has 1 aliphatic carbocycles. The molecule has 0 spiro atoms. The third-order valence-corrected chi connectivity index (χ3v) is 4.49. The van der Waals surface area contributed by atoms with Crippen LogP contribution >= 0.6 is 0 Å². The summed E-state index contributed by atoms with van der Waals surface area (Å²) in [5.41, 5.74) is 1.80. The van der Waals surface area contributed by atoms with Gasteiger partial charge in [0.2, 0.25) is 0 Å². The summed E-state index contributed by atoms with van der Waals surface area (Å²) in [6.45, 7) is 5.12. The lowest BCUT2D eigenvalue weighted by molar-refractivity contribution is 0.0575. The maximum absolute atomic E-state index is 12.4. The van der Waals surface area contributed by atoms with Crippen LogP contribution in [0.25, 0.3) is 0 Å². The molecule has 0 aliphatic heterocycles. The Kier molecular flexibility index (Phi) is 7.06. The predicted molar refractivity (Wildman–Crippen MR) is 96.0 cm³/mol. The second-order valence-electron chi connectivity index (χ2n) is 6.98. The first-order valence-corrected chi connectivity index (χ1v) is 8.86. The molecule has 5 nitrogen and oxygen atoms in total. The van der Waals surface area contributed by atoms with Gasteiger partial charge in [0.1, 0.15) is 0 Å². The number of nitrogens with one attached hydrogen (secondary N) is 1. The number of hydrogen-bond donors (Lipinski definition) is 2. The van der Waals surface area contributed by atoms with Crippen LogP contribution in [0.4, 0.5) is 10.5 Å². The van der Waals surface area contributed by atoms with E-state index in [1.807, 2.05) is 38.1 Å². The number of rotatable bonds is 6. The molecule has 0 heterocycles. The van der Waals surface area contributed by atoms with Crippen LogP contribution in [0.3, 0.4) is 0 Å². The van der Waals surface area contributed by atoms with Gasteiger partial charge in [-0.25, -0.2) is 4.79 Å². The van der Waals surface area contributed by atoms with E-state index in [1.165, 1.54) is 0 Å². The van der Waals surface area contributed by atoms with Gasteiger partial charge >= 0.3 is 6.03 Å². The SMILES string of the molecule is CC(C)OCc1cccc(NC(=O)N(C)C[C@@H]2CCCC[C@H]2O)c1. The molecule has 24 heavy (non-hydrogen) atoms. The summed E-state index contributed by atoms with van der Waals surface area (Å²) in [6, 6.07) is 7.57. The van der Waals surface area contributed by atoms with E-state index in [-0.39, 0.29) is 24.2 Å². The minimum atomic E-state index is -0.287. The number of amides is 2. The number of benzene rings is 1. The number of ether oxygens (including phenoxy) is 1. The Bertz CT molecular complexity index is 533. The van der Waals surface area contributed by atoms with E-state index in [0.717, 1.165) is 36.9 Å². The summed E-state index contributed by atoms with van der Waals surface area (Å²) in [5.74, 6) is 0.181. The Morgan fingerprint density at radius 3 is 2.83 bits per heavy atom. The number of aliphatic hydroxyl groups is 1. The molecule has 2 amide bonds. The fourth-order valence-electron chi connectivity index (χ4n) is 3.06. The molecular weight excluding hydrogens is 304 g/mol. The van der Waals surface area contributed by atoms with E-state index in [2.05, 4.69) is 5.32 Å². The summed E-state index contributed by atoms with van der Waals surface area (Å²) in [6.07, 6.45) is 3.94. The van der Waals surface area contributed by atoms with Crippen molar-refractivity contribution in [2.45, 2.75) is 58.3 Å². The molecule has 5 heteroatoms. The fourth-order valence-corrected chi connectivity index (χ4v) is 3.06. The minimum Gasteiger partial charge on any atom is -0.393 e. The molecule has 1 fully saturated rings.